The molecule has 0 aliphatic carbocycles. The number of carbonyl (C=O) groups excluding carboxylic acids is 1. The molecule has 2 rings (SSSR count). The molecule has 0 saturated carbocycles. The van der Waals surface area contributed by atoms with Crippen molar-refractivity contribution in [1.29, 1.82) is 0 Å². The van der Waals surface area contributed by atoms with E-state index in [1.807, 2.05) is 60.7 Å². The van der Waals surface area contributed by atoms with Gasteiger partial charge in [0.2, 0.25) is 0 Å². The van der Waals surface area contributed by atoms with Crippen LogP contribution in [0.25, 0.3) is 0 Å². The van der Waals surface area contributed by atoms with Crippen molar-refractivity contribution in [3.05, 3.63) is 60.7 Å². The van der Waals surface area contributed by atoms with Gasteiger partial charge in [0.05, 0.1) is 0 Å². The molecule has 86 valence electrons. The van der Waals surface area contributed by atoms with Crippen LogP contribution in [0.2, 0.25) is 0 Å². The molecule has 0 radical (unpaired) electrons. The second-order valence-corrected chi connectivity index (χ2v) is 5.83. The zero-order valence-corrected chi connectivity index (χ0v) is 13.1. The Morgan fingerprint density at radius 2 is 1.28 bits per heavy atom. The number of rotatable bonds is 4. The molecule has 2 aromatic carbocycles. The average molecular weight is 266 g/mol. The Kier molecular flexibility index (Phi) is 6.59. The second kappa shape index (κ2) is 7.70. The summed E-state index contributed by atoms with van der Waals surface area (Å²) in [5.41, 5.74) is 0. The summed E-state index contributed by atoms with van der Waals surface area (Å²) in [5.74, 6) is -0.996. The number of aliphatic carboxylic acids is 1. The third kappa shape index (κ3) is 4.22. The van der Waals surface area contributed by atoms with Crippen LogP contribution in [0.5, 0.6) is 0 Å². The van der Waals surface area contributed by atoms with E-state index >= 15 is 0 Å². The van der Waals surface area contributed by atoms with Gasteiger partial charge in [-0.15, -0.1) is 0 Å². The van der Waals surface area contributed by atoms with Crippen LogP contribution in [-0.4, -0.2) is 12.1 Å². The summed E-state index contributed by atoms with van der Waals surface area (Å²) >= 11 is 0. The van der Waals surface area contributed by atoms with Gasteiger partial charge in [-0.05, 0) is 18.5 Å². The first-order chi connectivity index (χ1) is 8.27. The quantitative estimate of drug-likeness (QED) is 0.469. The van der Waals surface area contributed by atoms with Crippen LogP contribution in [-0.2, 0) is 4.79 Å². The number of hydrogen-bond acceptors (Lipinski definition) is 2. The van der Waals surface area contributed by atoms with Crippen molar-refractivity contribution in [2.24, 2.45) is 0 Å². The number of carboxylic acid groups (broad SMARTS) is 1. The van der Waals surface area contributed by atoms with Gasteiger partial charge in [-0.2, -0.15) is 0 Å². The molecular formula is C14H12NaO2P. The molecule has 2 aromatic rings. The van der Waals surface area contributed by atoms with Crippen molar-refractivity contribution in [2.75, 3.05) is 6.16 Å². The van der Waals surface area contributed by atoms with Crippen LogP contribution in [0.4, 0.5) is 0 Å². The molecule has 2 nitrogen and oxygen atoms in total. The summed E-state index contributed by atoms with van der Waals surface area (Å²) in [6.45, 7) is 0. The van der Waals surface area contributed by atoms with Gasteiger partial charge >= 0.3 is 29.6 Å². The Balaban J connectivity index is 0.00000162. The molecule has 0 unspecified atom stereocenters. The van der Waals surface area contributed by atoms with Crippen LogP contribution in [0.15, 0.2) is 60.7 Å². The molecule has 0 saturated heterocycles. The summed E-state index contributed by atoms with van der Waals surface area (Å²) in [7, 11) is -0.852. The Hall–Kier alpha value is -0.660. The van der Waals surface area contributed by atoms with Crippen molar-refractivity contribution < 1.29 is 39.5 Å². The van der Waals surface area contributed by atoms with E-state index in [0.29, 0.717) is 0 Å². The van der Waals surface area contributed by atoms with E-state index in [-0.39, 0.29) is 35.7 Å². The Labute approximate surface area is 130 Å². The summed E-state index contributed by atoms with van der Waals surface area (Å²) in [5, 5.41) is 13.0. The minimum atomic E-state index is -0.996. The Bertz CT molecular complexity index is 448. The van der Waals surface area contributed by atoms with Gasteiger partial charge in [0.15, 0.2) is 0 Å². The van der Waals surface area contributed by atoms with E-state index < -0.39 is 13.9 Å². The normalized spacial score (nSPS) is 9.83. The largest absolute Gasteiger partial charge is 1.00 e. The molecule has 0 spiro atoms. The van der Waals surface area contributed by atoms with E-state index in [1.165, 1.54) is 0 Å². The zero-order valence-electron chi connectivity index (χ0n) is 10.2. The van der Waals surface area contributed by atoms with E-state index in [0.717, 1.165) is 10.6 Å². The molecule has 0 heterocycles. The van der Waals surface area contributed by atoms with Gasteiger partial charge in [0, 0.05) is 12.1 Å². The number of carboxylic acids is 1. The number of carbonyl (C=O) groups is 1. The van der Waals surface area contributed by atoms with Gasteiger partial charge < -0.3 is 9.90 Å². The second-order valence-electron chi connectivity index (χ2n) is 3.63. The zero-order chi connectivity index (χ0) is 12.1. The van der Waals surface area contributed by atoms with Crippen molar-refractivity contribution >= 4 is 24.5 Å². The topological polar surface area (TPSA) is 40.1 Å². The predicted octanol–water partition coefficient (Wildman–Crippen LogP) is -2.13. The molecule has 0 N–H and O–H groups in total. The van der Waals surface area contributed by atoms with Crippen molar-refractivity contribution in [2.45, 2.75) is 0 Å². The van der Waals surface area contributed by atoms with Gasteiger partial charge in [-0.1, -0.05) is 60.7 Å². The standard InChI is InChI=1S/C14H13O2P.Na/c15-14(16)11-17(12-7-3-1-4-8-12)13-9-5-2-6-10-13;/h1-10H,11H2,(H,15,16);/q;+1/p-1. The molecule has 0 amide bonds. The average Bonchev–Trinajstić information content (AvgIpc) is 2.38. The fourth-order valence-electron chi connectivity index (χ4n) is 1.68. The first-order valence-corrected chi connectivity index (χ1v) is 6.87. The van der Waals surface area contributed by atoms with E-state index in [9.17, 15) is 9.90 Å². The molecule has 0 aliphatic heterocycles. The van der Waals surface area contributed by atoms with Crippen molar-refractivity contribution in [3.63, 3.8) is 0 Å². The summed E-state index contributed by atoms with van der Waals surface area (Å²) in [6, 6.07) is 19.5. The summed E-state index contributed by atoms with van der Waals surface area (Å²) in [4.78, 5) is 10.9. The van der Waals surface area contributed by atoms with Crippen LogP contribution in [0, 0.1) is 0 Å². The summed E-state index contributed by atoms with van der Waals surface area (Å²) < 4.78 is 0. The predicted molar refractivity (Wildman–Crippen MR) is 68.9 cm³/mol. The maximum Gasteiger partial charge on any atom is 1.00 e. The molecule has 0 aromatic heterocycles. The minimum absolute atomic E-state index is 0. The monoisotopic (exact) mass is 266 g/mol. The number of benzene rings is 2. The van der Waals surface area contributed by atoms with E-state index in [4.69, 9.17) is 0 Å². The van der Waals surface area contributed by atoms with Crippen molar-refractivity contribution in [3.8, 4) is 0 Å². The van der Waals surface area contributed by atoms with Crippen LogP contribution in [0.3, 0.4) is 0 Å². The molecule has 18 heavy (non-hydrogen) atoms. The van der Waals surface area contributed by atoms with E-state index in [1.54, 1.807) is 0 Å². The van der Waals surface area contributed by atoms with Gasteiger partial charge in [0.1, 0.15) is 0 Å². The molecule has 0 aliphatic rings. The van der Waals surface area contributed by atoms with Gasteiger partial charge in [-0.3, -0.25) is 0 Å². The fourth-order valence-corrected chi connectivity index (χ4v) is 3.66. The van der Waals surface area contributed by atoms with Crippen LogP contribution >= 0.6 is 7.92 Å². The molecule has 4 heteroatoms. The molecular weight excluding hydrogens is 254 g/mol. The number of hydrogen-bond donors (Lipinski definition) is 0. The van der Waals surface area contributed by atoms with Gasteiger partial charge in [-0.25, -0.2) is 0 Å². The Morgan fingerprint density at radius 3 is 1.61 bits per heavy atom. The van der Waals surface area contributed by atoms with Crippen LogP contribution in [0.1, 0.15) is 0 Å². The molecule has 0 bridgehead atoms. The van der Waals surface area contributed by atoms with Crippen LogP contribution < -0.4 is 45.3 Å². The van der Waals surface area contributed by atoms with Gasteiger partial charge in [0.25, 0.3) is 0 Å². The fraction of sp³-hybridized carbons (Fsp3) is 0.0714. The SMILES string of the molecule is O=C([O-])CP(c1ccccc1)c1ccccc1.[Na+]. The smallest absolute Gasteiger partial charge is 0.550 e. The third-order valence-corrected chi connectivity index (χ3v) is 4.84. The van der Waals surface area contributed by atoms with Crippen molar-refractivity contribution in [1.82, 2.24) is 0 Å². The Morgan fingerprint density at radius 1 is 0.889 bits per heavy atom. The minimum Gasteiger partial charge on any atom is -0.550 e. The first-order valence-electron chi connectivity index (χ1n) is 5.35. The van der Waals surface area contributed by atoms with E-state index in [2.05, 4.69) is 0 Å². The first kappa shape index (κ1) is 15.4. The maximum absolute atomic E-state index is 10.9. The molecule has 0 fully saturated rings. The molecule has 0 atom stereocenters. The maximum atomic E-state index is 10.9. The summed E-state index contributed by atoms with van der Waals surface area (Å²) in [6.07, 6.45) is 0.0728. The third-order valence-electron chi connectivity index (χ3n) is 2.42.